The van der Waals surface area contributed by atoms with Crippen LogP contribution in [0.1, 0.15) is 15.9 Å². The van der Waals surface area contributed by atoms with Gasteiger partial charge >= 0.3 is 0 Å². The number of rotatable bonds is 0. The smallest absolute Gasteiger partial charge is 0.237 e. The zero-order valence-corrected chi connectivity index (χ0v) is 8.40. The number of allylic oxidation sites excluding steroid dienone is 2. The lowest BCUT2D eigenvalue weighted by Gasteiger charge is -2.22. The zero-order valence-electron chi connectivity index (χ0n) is 8.40. The van der Waals surface area contributed by atoms with Gasteiger partial charge in [-0.15, -0.1) is 0 Å². The summed E-state index contributed by atoms with van der Waals surface area (Å²) in [6, 6.07) is 7.03. The topological polar surface area (TPSA) is 43.4 Å². The second-order valence-corrected chi connectivity index (χ2v) is 3.66. The molecule has 0 saturated heterocycles. The van der Waals surface area contributed by atoms with Gasteiger partial charge in [0.15, 0.2) is 0 Å². The van der Waals surface area contributed by atoms with Crippen molar-refractivity contribution in [2.75, 3.05) is 6.61 Å². The van der Waals surface area contributed by atoms with Crippen molar-refractivity contribution in [1.29, 1.82) is 0 Å². The van der Waals surface area contributed by atoms with Crippen molar-refractivity contribution in [2.24, 2.45) is 0 Å². The molecule has 0 radical (unpaired) electrons. The molecule has 0 spiro atoms. The number of hydrogen-bond donors (Lipinski definition) is 0. The van der Waals surface area contributed by atoms with E-state index in [0.29, 0.717) is 29.1 Å². The zero-order chi connectivity index (χ0) is 11.1. The van der Waals surface area contributed by atoms with Gasteiger partial charge in [-0.2, -0.15) is 0 Å². The minimum Gasteiger partial charge on any atom is -0.488 e. The van der Waals surface area contributed by atoms with Crippen LogP contribution in [0.5, 0.6) is 0 Å². The number of carbonyl (C=O) groups excluding carboxylic acids is 2. The maximum absolute atomic E-state index is 11.8. The van der Waals surface area contributed by atoms with Crippen LogP contribution >= 0.6 is 0 Å². The molecule has 0 saturated carbocycles. The summed E-state index contributed by atoms with van der Waals surface area (Å²) in [6.45, 7) is 0.439. The highest BCUT2D eigenvalue weighted by atomic mass is 16.5. The molecule has 1 aromatic rings. The number of benzene rings is 1. The Balaban J connectivity index is 2.33. The van der Waals surface area contributed by atoms with E-state index >= 15 is 0 Å². The third-order valence-corrected chi connectivity index (χ3v) is 2.72. The Hall–Kier alpha value is -2.16. The summed E-state index contributed by atoms with van der Waals surface area (Å²) in [5, 5.41) is 0. The van der Waals surface area contributed by atoms with Crippen molar-refractivity contribution >= 4 is 17.3 Å². The lowest BCUT2D eigenvalue weighted by Crippen LogP contribution is -2.25. The number of Topliss-reactive ketones (excluding diaryl/α,β-unsaturated/α-hetero) is 2. The fraction of sp³-hybridized carbons (Fsp3) is 0.0769. The molecule has 3 rings (SSSR count). The Morgan fingerprint density at radius 3 is 2.56 bits per heavy atom. The average molecular weight is 212 g/mol. The van der Waals surface area contributed by atoms with E-state index in [4.69, 9.17) is 4.74 Å². The minimum absolute atomic E-state index is 0.370. The fourth-order valence-corrected chi connectivity index (χ4v) is 1.98. The first-order valence-electron chi connectivity index (χ1n) is 5.01. The van der Waals surface area contributed by atoms with Crippen LogP contribution in [0, 0.1) is 0 Å². The van der Waals surface area contributed by atoms with Crippen molar-refractivity contribution in [3.63, 3.8) is 0 Å². The molecule has 0 unspecified atom stereocenters. The van der Waals surface area contributed by atoms with Crippen LogP contribution in [0.25, 0.3) is 5.76 Å². The van der Waals surface area contributed by atoms with Crippen LogP contribution in [-0.4, -0.2) is 18.2 Å². The van der Waals surface area contributed by atoms with Gasteiger partial charge in [0.2, 0.25) is 11.6 Å². The number of ketones is 2. The summed E-state index contributed by atoms with van der Waals surface area (Å²) < 4.78 is 5.45. The molecule has 1 aromatic carbocycles. The van der Waals surface area contributed by atoms with Crippen LogP contribution in [0.3, 0.4) is 0 Å². The molecule has 3 nitrogen and oxygen atoms in total. The fourth-order valence-electron chi connectivity index (χ4n) is 1.98. The van der Waals surface area contributed by atoms with Gasteiger partial charge in [-0.05, 0) is 12.2 Å². The third-order valence-electron chi connectivity index (χ3n) is 2.72. The highest BCUT2D eigenvalue weighted by Crippen LogP contribution is 2.32. The molecule has 2 aliphatic rings. The van der Waals surface area contributed by atoms with E-state index < -0.39 is 11.6 Å². The van der Waals surface area contributed by atoms with E-state index in [2.05, 4.69) is 0 Å². The summed E-state index contributed by atoms with van der Waals surface area (Å²) in [5.74, 6) is -0.406. The summed E-state index contributed by atoms with van der Waals surface area (Å²) in [5.41, 5.74) is 1.52. The monoisotopic (exact) mass is 212 g/mol. The van der Waals surface area contributed by atoms with Gasteiger partial charge in [-0.1, -0.05) is 24.3 Å². The Morgan fingerprint density at radius 2 is 1.75 bits per heavy atom. The van der Waals surface area contributed by atoms with E-state index in [-0.39, 0.29) is 0 Å². The molecule has 0 bridgehead atoms. The minimum atomic E-state index is -0.482. The first kappa shape index (κ1) is 9.09. The highest BCUT2D eigenvalue weighted by Gasteiger charge is 2.33. The van der Waals surface area contributed by atoms with Gasteiger partial charge in [0, 0.05) is 11.1 Å². The lowest BCUT2D eigenvalue weighted by atomic mass is 9.87. The first-order valence-corrected chi connectivity index (χ1v) is 5.01. The molecule has 1 heterocycles. The molecule has 0 fully saturated rings. The Kier molecular flexibility index (Phi) is 1.80. The predicted octanol–water partition coefficient (Wildman–Crippen LogP) is 1.75. The molecule has 16 heavy (non-hydrogen) atoms. The van der Waals surface area contributed by atoms with E-state index in [1.54, 1.807) is 30.4 Å². The van der Waals surface area contributed by atoms with Gasteiger partial charge in [0.25, 0.3) is 0 Å². The normalized spacial score (nSPS) is 18.0. The van der Waals surface area contributed by atoms with Gasteiger partial charge < -0.3 is 4.74 Å². The third kappa shape index (κ3) is 1.08. The van der Waals surface area contributed by atoms with Gasteiger partial charge in [-0.25, -0.2) is 0 Å². The molecular formula is C13H8O3. The van der Waals surface area contributed by atoms with E-state index in [1.165, 1.54) is 0 Å². The van der Waals surface area contributed by atoms with Crippen molar-refractivity contribution < 1.29 is 14.3 Å². The first-order chi connectivity index (χ1) is 7.79. The standard InChI is InChI=1S/C13H8O3/c14-11-8-4-1-2-5-9(8)13-10(12(11)15)6-3-7-16-13/h1-6H,7H2. The van der Waals surface area contributed by atoms with Gasteiger partial charge in [0.05, 0.1) is 5.57 Å². The predicted molar refractivity (Wildman–Crippen MR) is 57.8 cm³/mol. The molecule has 3 heteroatoms. The molecule has 0 N–H and O–H groups in total. The molecular weight excluding hydrogens is 204 g/mol. The van der Waals surface area contributed by atoms with E-state index in [9.17, 15) is 9.59 Å². The molecule has 1 aliphatic carbocycles. The van der Waals surface area contributed by atoms with Crippen LogP contribution in [0.2, 0.25) is 0 Å². The lowest BCUT2D eigenvalue weighted by molar-refractivity contribution is -0.111. The number of fused-ring (bicyclic) bond motifs is 2. The quantitative estimate of drug-likeness (QED) is 0.615. The molecule has 0 atom stereocenters. The highest BCUT2D eigenvalue weighted by molar-refractivity contribution is 6.52. The SMILES string of the molecule is O=C1C(=O)c2ccccc2C2=C1C=CCO2. The van der Waals surface area contributed by atoms with Crippen LogP contribution < -0.4 is 0 Å². The average Bonchev–Trinajstić information content (AvgIpc) is 2.36. The summed E-state index contributed by atoms with van der Waals surface area (Å²) in [6.07, 6.45) is 3.40. The second kappa shape index (κ2) is 3.17. The summed E-state index contributed by atoms with van der Waals surface area (Å²) in [4.78, 5) is 23.6. The second-order valence-electron chi connectivity index (χ2n) is 3.66. The molecule has 1 aliphatic heterocycles. The van der Waals surface area contributed by atoms with E-state index in [1.807, 2.05) is 6.07 Å². The molecule has 0 aromatic heterocycles. The van der Waals surface area contributed by atoms with Crippen molar-refractivity contribution in [3.05, 3.63) is 53.1 Å². The van der Waals surface area contributed by atoms with Gasteiger partial charge in [0.1, 0.15) is 12.4 Å². The largest absolute Gasteiger partial charge is 0.488 e. The Bertz CT molecular complexity index is 564. The maximum Gasteiger partial charge on any atom is 0.237 e. The maximum atomic E-state index is 11.8. The molecule has 78 valence electrons. The number of carbonyl (C=O) groups is 2. The number of hydrogen-bond acceptors (Lipinski definition) is 3. The number of ether oxygens (including phenoxy) is 1. The van der Waals surface area contributed by atoms with Crippen molar-refractivity contribution in [2.45, 2.75) is 0 Å². The summed E-state index contributed by atoms with van der Waals surface area (Å²) in [7, 11) is 0. The summed E-state index contributed by atoms with van der Waals surface area (Å²) >= 11 is 0. The van der Waals surface area contributed by atoms with Crippen LogP contribution in [0.15, 0.2) is 42.0 Å². The van der Waals surface area contributed by atoms with E-state index in [0.717, 1.165) is 0 Å². The van der Waals surface area contributed by atoms with Gasteiger partial charge in [-0.3, -0.25) is 9.59 Å². The Labute approximate surface area is 92.0 Å². The van der Waals surface area contributed by atoms with Crippen molar-refractivity contribution in [3.8, 4) is 0 Å². The molecule has 0 amide bonds. The Morgan fingerprint density at radius 1 is 1.00 bits per heavy atom. The van der Waals surface area contributed by atoms with Crippen molar-refractivity contribution in [1.82, 2.24) is 0 Å². The van der Waals surface area contributed by atoms with Crippen LogP contribution in [0.4, 0.5) is 0 Å². The van der Waals surface area contributed by atoms with Crippen LogP contribution in [-0.2, 0) is 9.53 Å².